The molecule has 0 bridgehead atoms. The zero-order valence-electron chi connectivity index (χ0n) is 10.7. The van der Waals surface area contributed by atoms with Crippen molar-refractivity contribution < 1.29 is 4.74 Å². The van der Waals surface area contributed by atoms with Crippen LogP contribution in [0.3, 0.4) is 0 Å². The van der Waals surface area contributed by atoms with E-state index in [1.54, 1.807) is 0 Å². The molecule has 0 aliphatic heterocycles. The Balaban J connectivity index is 1.89. The van der Waals surface area contributed by atoms with Crippen LogP contribution in [-0.4, -0.2) is 6.61 Å². The van der Waals surface area contributed by atoms with Crippen molar-refractivity contribution in [3.63, 3.8) is 0 Å². The number of hydrogen-bond donors (Lipinski definition) is 1. The number of benzene rings is 2. The van der Waals surface area contributed by atoms with Crippen LogP contribution in [0.1, 0.15) is 24.1 Å². The van der Waals surface area contributed by atoms with E-state index in [-0.39, 0.29) is 6.04 Å². The van der Waals surface area contributed by atoms with Crippen LogP contribution in [0.15, 0.2) is 54.6 Å². The Morgan fingerprint density at radius 1 is 1.06 bits per heavy atom. The maximum atomic E-state index is 5.85. The SMILES string of the molecule is C[C@H](N)c1cccc(OCCc2ccccc2)c1. The van der Waals surface area contributed by atoms with Gasteiger partial charge in [0.15, 0.2) is 0 Å². The second kappa shape index (κ2) is 6.22. The molecule has 0 aliphatic rings. The van der Waals surface area contributed by atoms with Gasteiger partial charge in [-0.25, -0.2) is 0 Å². The summed E-state index contributed by atoms with van der Waals surface area (Å²) in [6.45, 7) is 2.66. The van der Waals surface area contributed by atoms with Crippen LogP contribution >= 0.6 is 0 Å². The molecule has 2 heteroatoms. The Morgan fingerprint density at radius 2 is 1.83 bits per heavy atom. The minimum atomic E-state index is 0.0441. The van der Waals surface area contributed by atoms with Crippen molar-refractivity contribution in [2.45, 2.75) is 19.4 Å². The molecule has 1 atom stereocenters. The first-order chi connectivity index (χ1) is 8.75. The predicted molar refractivity (Wildman–Crippen MR) is 74.7 cm³/mol. The van der Waals surface area contributed by atoms with Crippen molar-refractivity contribution in [2.24, 2.45) is 5.73 Å². The highest BCUT2D eigenvalue weighted by molar-refractivity contribution is 5.30. The molecule has 0 saturated heterocycles. The normalized spacial score (nSPS) is 12.1. The molecule has 0 fully saturated rings. The monoisotopic (exact) mass is 241 g/mol. The fourth-order valence-corrected chi connectivity index (χ4v) is 1.82. The largest absolute Gasteiger partial charge is 0.493 e. The molecular formula is C16H19NO. The van der Waals surface area contributed by atoms with Crippen LogP contribution in [0.4, 0.5) is 0 Å². The van der Waals surface area contributed by atoms with E-state index in [1.165, 1.54) is 5.56 Å². The molecule has 94 valence electrons. The molecule has 0 aromatic heterocycles. The molecule has 0 radical (unpaired) electrons. The summed E-state index contributed by atoms with van der Waals surface area (Å²) in [4.78, 5) is 0. The highest BCUT2D eigenvalue weighted by atomic mass is 16.5. The van der Waals surface area contributed by atoms with Gasteiger partial charge in [0.05, 0.1) is 6.61 Å². The molecule has 0 amide bonds. The first-order valence-electron chi connectivity index (χ1n) is 6.28. The maximum Gasteiger partial charge on any atom is 0.119 e. The minimum Gasteiger partial charge on any atom is -0.493 e. The zero-order valence-corrected chi connectivity index (χ0v) is 10.7. The smallest absolute Gasteiger partial charge is 0.119 e. The summed E-state index contributed by atoms with van der Waals surface area (Å²) in [5.74, 6) is 0.890. The van der Waals surface area contributed by atoms with Crippen molar-refractivity contribution in [2.75, 3.05) is 6.61 Å². The molecule has 2 nitrogen and oxygen atoms in total. The zero-order chi connectivity index (χ0) is 12.8. The summed E-state index contributed by atoms with van der Waals surface area (Å²) in [7, 11) is 0. The van der Waals surface area contributed by atoms with E-state index in [0.717, 1.165) is 17.7 Å². The van der Waals surface area contributed by atoms with E-state index < -0.39 is 0 Å². The van der Waals surface area contributed by atoms with Gasteiger partial charge >= 0.3 is 0 Å². The molecular weight excluding hydrogens is 222 g/mol. The molecule has 2 aromatic carbocycles. The van der Waals surface area contributed by atoms with Crippen LogP contribution in [0.2, 0.25) is 0 Å². The summed E-state index contributed by atoms with van der Waals surface area (Å²) in [5.41, 5.74) is 8.24. The van der Waals surface area contributed by atoms with E-state index in [9.17, 15) is 0 Å². The highest BCUT2D eigenvalue weighted by Gasteiger charge is 2.01. The van der Waals surface area contributed by atoms with Crippen molar-refractivity contribution in [1.29, 1.82) is 0 Å². The van der Waals surface area contributed by atoms with Crippen molar-refractivity contribution in [1.82, 2.24) is 0 Å². The van der Waals surface area contributed by atoms with Crippen LogP contribution in [-0.2, 0) is 6.42 Å². The van der Waals surface area contributed by atoms with Crippen molar-refractivity contribution in [3.8, 4) is 5.75 Å². The summed E-state index contributed by atoms with van der Waals surface area (Å²) in [6, 6.07) is 18.4. The summed E-state index contributed by atoms with van der Waals surface area (Å²) in [5, 5.41) is 0. The second-order valence-corrected chi connectivity index (χ2v) is 4.45. The predicted octanol–water partition coefficient (Wildman–Crippen LogP) is 3.33. The van der Waals surface area contributed by atoms with Crippen LogP contribution in [0.5, 0.6) is 5.75 Å². The van der Waals surface area contributed by atoms with Gasteiger partial charge in [0.25, 0.3) is 0 Å². The Morgan fingerprint density at radius 3 is 2.56 bits per heavy atom. The molecule has 0 heterocycles. The van der Waals surface area contributed by atoms with Crippen LogP contribution in [0.25, 0.3) is 0 Å². The highest BCUT2D eigenvalue weighted by Crippen LogP contribution is 2.17. The average Bonchev–Trinajstić information content (AvgIpc) is 2.40. The third-order valence-corrected chi connectivity index (χ3v) is 2.89. The van der Waals surface area contributed by atoms with Crippen LogP contribution in [0, 0.1) is 0 Å². The first kappa shape index (κ1) is 12.7. The molecule has 2 aromatic rings. The van der Waals surface area contributed by atoms with Crippen molar-refractivity contribution in [3.05, 3.63) is 65.7 Å². The third kappa shape index (κ3) is 3.60. The quantitative estimate of drug-likeness (QED) is 0.871. The maximum absolute atomic E-state index is 5.85. The summed E-state index contributed by atoms with van der Waals surface area (Å²) < 4.78 is 5.75. The number of hydrogen-bond acceptors (Lipinski definition) is 2. The topological polar surface area (TPSA) is 35.2 Å². The van der Waals surface area contributed by atoms with Gasteiger partial charge < -0.3 is 10.5 Å². The molecule has 0 saturated carbocycles. The van der Waals surface area contributed by atoms with Gasteiger partial charge in [0.2, 0.25) is 0 Å². The molecule has 0 spiro atoms. The minimum absolute atomic E-state index is 0.0441. The summed E-state index contributed by atoms with van der Waals surface area (Å²) in [6.07, 6.45) is 0.920. The molecule has 2 N–H and O–H groups in total. The van der Waals surface area contributed by atoms with Gasteiger partial charge in [-0.3, -0.25) is 0 Å². The lowest BCUT2D eigenvalue weighted by Gasteiger charge is -2.10. The fraction of sp³-hybridized carbons (Fsp3) is 0.250. The van der Waals surface area contributed by atoms with Crippen LogP contribution < -0.4 is 10.5 Å². The van der Waals surface area contributed by atoms with Gasteiger partial charge in [0, 0.05) is 12.5 Å². The summed E-state index contributed by atoms with van der Waals surface area (Å²) >= 11 is 0. The standard InChI is InChI=1S/C16H19NO/c1-13(17)15-8-5-9-16(12-15)18-11-10-14-6-3-2-4-7-14/h2-9,12-13H,10-11,17H2,1H3/t13-/m0/s1. The van der Waals surface area contributed by atoms with E-state index >= 15 is 0 Å². The Bertz CT molecular complexity index is 479. The lowest BCUT2D eigenvalue weighted by atomic mass is 10.1. The van der Waals surface area contributed by atoms with E-state index in [2.05, 4.69) is 12.1 Å². The van der Waals surface area contributed by atoms with E-state index in [4.69, 9.17) is 10.5 Å². The third-order valence-electron chi connectivity index (χ3n) is 2.89. The number of nitrogens with two attached hydrogens (primary N) is 1. The second-order valence-electron chi connectivity index (χ2n) is 4.45. The van der Waals surface area contributed by atoms with Gasteiger partial charge in [-0.2, -0.15) is 0 Å². The van der Waals surface area contributed by atoms with E-state index in [0.29, 0.717) is 6.61 Å². The lowest BCUT2D eigenvalue weighted by molar-refractivity contribution is 0.321. The van der Waals surface area contributed by atoms with Gasteiger partial charge in [0.1, 0.15) is 5.75 Å². The number of rotatable bonds is 5. The average molecular weight is 241 g/mol. The molecule has 0 aliphatic carbocycles. The molecule has 18 heavy (non-hydrogen) atoms. The Kier molecular flexibility index (Phi) is 4.37. The fourth-order valence-electron chi connectivity index (χ4n) is 1.82. The Labute approximate surface area is 108 Å². The molecule has 2 rings (SSSR count). The van der Waals surface area contributed by atoms with Gasteiger partial charge in [-0.1, -0.05) is 42.5 Å². The van der Waals surface area contributed by atoms with Crippen molar-refractivity contribution >= 4 is 0 Å². The Hall–Kier alpha value is -1.80. The van der Waals surface area contributed by atoms with Gasteiger partial charge in [-0.05, 0) is 30.2 Å². The number of ether oxygens (including phenoxy) is 1. The first-order valence-corrected chi connectivity index (χ1v) is 6.28. The van der Waals surface area contributed by atoms with Gasteiger partial charge in [-0.15, -0.1) is 0 Å². The van der Waals surface area contributed by atoms with E-state index in [1.807, 2.05) is 49.4 Å². The lowest BCUT2D eigenvalue weighted by Crippen LogP contribution is -2.06. The molecule has 0 unspecified atom stereocenters.